The fourth-order valence-corrected chi connectivity index (χ4v) is 3.15. The van der Waals surface area contributed by atoms with Crippen LogP contribution in [0.2, 0.25) is 0 Å². The lowest BCUT2D eigenvalue weighted by Gasteiger charge is -2.12. The highest BCUT2D eigenvalue weighted by Crippen LogP contribution is 2.33. The summed E-state index contributed by atoms with van der Waals surface area (Å²) in [6, 6.07) is 11.6. The Labute approximate surface area is 146 Å². The summed E-state index contributed by atoms with van der Waals surface area (Å²) in [6.45, 7) is -0.163. The van der Waals surface area contributed by atoms with E-state index in [1.807, 2.05) is 0 Å². The largest absolute Gasteiger partial charge is 0.293 e. The molecule has 2 aromatic carbocycles. The lowest BCUT2D eigenvalue weighted by atomic mass is 10.1. The van der Waals surface area contributed by atoms with Crippen molar-refractivity contribution in [3.63, 3.8) is 0 Å². The molecular formula is C17H11FN2O4S. The maximum Gasteiger partial charge on any atom is 0.293 e. The number of rotatable bonds is 4. The summed E-state index contributed by atoms with van der Waals surface area (Å²) in [4.78, 5) is 35.8. The highest BCUT2D eigenvalue weighted by atomic mass is 32.2. The normalized spacial score (nSPS) is 15.9. The lowest BCUT2D eigenvalue weighted by molar-refractivity contribution is -0.384. The average molecular weight is 358 g/mol. The van der Waals surface area contributed by atoms with Crippen molar-refractivity contribution < 1.29 is 18.9 Å². The number of halogens is 1. The zero-order chi connectivity index (χ0) is 18.0. The molecule has 2 aromatic rings. The Kier molecular flexibility index (Phi) is 4.62. The van der Waals surface area contributed by atoms with Crippen LogP contribution in [0.25, 0.3) is 6.08 Å². The van der Waals surface area contributed by atoms with Gasteiger partial charge in [0.05, 0.1) is 16.4 Å². The second kappa shape index (κ2) is 6.86. The van der Waals surface area contributed by atoms with Crippen molar-refractivity contribution in [1.29, 1.82) is 0 Å². The molecule has 1 heterocycles. The van der Waals surface area contributed by atoms with E-state index in [0.29, 0.717) is 5.56 Å². The second-order valence-electron chi connectivity index (χ2n) is 5.21. The lowest BCUT2D eigenvalue weighted by Crippen LogP contribution is -2.27. The third-order valence-electron chi connectivity index (χ3n) is 3.54. The number of hydrogen-bond acceptors (Lipinski definition) is 5. The van der Waals surface area contributed by atoms with Crippen molar-refractivity contribution in [1.82, 2.24) is 4.90 Å². The van der Waals surface area contributed by atoms with E-state index in [0.717, 1.165) is 16.7 Å². The van der Waals surface area contributed by atoms with Crippen LogP contribution in [0.3, 0.4) is 0 Å². The van der Waals surface area contributed by atoms with E-state index in [1.54, 1.807) is 12.1 Å². The molecule has 0 aromatic heterocycles. The summed E-state index contributed by atoms with van der Waals surface area (Å²) in [6.07, 6.45) is 1.42. The van der Waals surface area contributed by atoms with Crippen LogP contribution in [-0.2, 0) is 11.3 Å². The number of imide groups is 1. The fourth-order valence-electron chi connectivity index (χ4n) is 2.31. The number of nitro groups is 1. The van der Waals surface area contributed by atoms with Crippen LogP contribution < -0.4 is 0 Å². The van der Waals surface area contributed by atoms with Gasteiger partial charge in [-0.3, -0.25) is 24.6 Å². The molecule has 126 valence electrons. The molecule has 25 heavy (non-hydrogen) atoms. The molecule has 0 aliphatic carbocycles. The molecule has 3 rings (SSSR count). The summed E-state index contributed by atoms with van der Waals surface area (Å²) in [5, 5.41) is 10.3. The molecule has 0 radical (unpaired) electrons. The molecule has 1 aliphatic rings. The third kappa shape index (κ3) is 3.58. The minimum absolute atomic E-state index is 0.112. The topological polar surface area (TPSA) is 80.5 Å². The Bertz CT molecular complexity index is 913. The SMILES string of the molecule is O=C1S/C(=C/c2cccc([N+](=O)[O-])c2)C(=O)N1Cc1ccccc1F. The first kappa shape index (κ1) is 16.8. The summed E-state index contributed by atoms with van der Waals surface area (Å²) in [5.74, 6) is -1.05. The molecule has 8 heteroatoms. The van der Waals surface area contributed by atoms with Crippen LogP contribution in [0.15, 0.2) is 53.4 Å². The van der Waals surface area contributed by atoms with E-state index in [4.69, 9.17) is 0 Å². The molecule has 1 fully saturated rings. The van der Waals surface area contributed by atoms with Crippen LogP contribution in [0.1, 0.15) is 11.1 Å². The van der Waals surface area contributed by atoms with Gasteiger partial charge in [0, 0.05) is 17.7 Å². The van der Waals surface area contributed by atoms with E-state index in [2.05, 4.69) is 0 Å². The Balaban J connectivity index is 1.85. The van der Waals surface area contributed by atoms with Crippen molar-refractivity contribution in [3.05, 3.63) is 80.5 Å². The molecule has 0 bridgehead atoms. The van der Waals surface area contributed by atoms with Gasteiger partial charge < -0.3 is 0 Å². The van der Waals surface area contributed by atoms with Crippen LogP contribution in [0, 0.1) is 15.9 Å². The summed E-state index contributed by atoms with van der Waals surface area (Å²) >= 11 is 0.722. The van der Waals surface area contributed by atoms with Gasteiger partial charge in [-0.1, -0.05) is 30.3 Å². The van der Waals surface area contributed by atoms with Crippen LogP contribution in [0.4, 0.5) is 14.9 Å². The smallest absolute Gasteiger partial charge is 0.268 e. The van der Waals surface area contributed by atoms with Gasteiger partial charge >= 0.3 is 0 Å². The number of amides is 2. The van der Waals surface area contributed by atoms with Gasteiger partial charge in [-0.2, -0.15) is 0 Å². The standard InChI is InChI=1S/C17H11FN2O4S/c18-14-7-2-1-5-12(14)10-19-16(21)15(25-17(19)22)9-11-4-3-6-13(8-11)20(23)24/h1-9H,10H2/b15-9+. The quantitative estimate of drug-likeness (QED) is 0.469. The van der Waals surface area contributed by atoms with E-state index in [-0.39, 0.29) is 22.7 Å². The molecule has 2 amide bonds. The number of nitro benzene ring substituents is 1. The maximum absolute atomic E-state index is 13.7. The molecule has 0 unspecified atom stereocenters. The number of hydrogen-bond donors (Lipinski definition) is 0. The number of carbonyl (C=O) groups is 2. The van der Waals surface area contributed by atoms with Gasteiger partial charge in [-0.25, -0.2) is 4.39 Å². The highest BCUT2D eigenvalue weighted by Gasteiger charge is 2.35. The van der Waals surface area contributed by atoms with Crippen molar-refractivity contribution in [2.75, 3.05) is 0 Å². The van der Waals surface area contributed by atoms with E-state index in [1.165, 1.54) is 42.5 Å². The van der Waals surface area contributed by atoms with Gasteiger partial charge in [-0.05, 0) is 29.5 Å². The number of benzene rings is 2. The van der Waals surface area contributed by atoms with Gasteiger partial charge in [0.25, 0.3) is 16.8 Å². The first-order chi connectivity index (χ1) is 12.0. The summed E-state index contributed by atoms with van der Waals surface area (Å²) in [7, 11) is 0. The predicted molar refractivity (Wildman–Crippen MR) is 91.0 cm³/mol. The van der Waals surface area contributed by atoms with Crippen LogP contribution >= 0.6 is 11.8 Å². The fraction of sp³-hybridized carbons (Fsp3) is 0.0588. The van der Waals surface area contributed by atoms with Crippen LogP contribution in [-0.4, -0.2) is 21.0 Å². The third-order valence-corrected chi connectivity index (χ3v) is 4.45. The average Bonchev–Trinajstić information content (AvgIpc) is 2.84. The first-order valence-corrected chi connectivity index (χ1v) is 8.00. The van der Waals surface area contributed by atoms with Gasteiger partial charge in [-0.15, -0.1) is 0 Å². The highest BCUT2D eigenvalue weighted by molar-refractivity contribution is 8.18. The predicted octanol–water partition coefficient (Wildman–Crippen LogP) is 3.97. The minimum Gasteiger partial charge on any atom is -0.268 e. The van der Waals surface area contributed by atoms with E-state index >= 15 is 0 Å². The Morgan fingerprint density at radius 2 is 1.92 bits per heavy atom. The number of carbonyl (C=O) groups excluding carboxylic acids is 2. The number of nitrogens with zero attached hydrogens (tertiary/aromatic N) is 2. The Hall–Kier alpha value is -3.00. The molecule has 0 saturated carbocycles. The van der Waals surface area contributed by atoms with E-state index in [9.17, 15) is 24.1 Å². The Morgan fingerprint density at radius 1 is 1.16 bits per heavy atom. The summed E-state index contributed by atoms with van der Waals surface area (Å²) in [5.41, 5.74) is 0.561. The Morgan fingerprint density at radius 3 is 2.64 bits per heavy atom. The zero-order valence-corrected chi connectivity index (χ0v) is 13.5. The van der Waals surface area contributed by atoms with Crippen molar-refractivity contribution in [2.45, 2.75) is 6.54 Å². The summed E-state index contributed by atoms with van der Waals surface area (Å²) < 4.78 is 13.7. The molecule has 0 N–H and O–H groups in total. The van der Waals surface area contributed by atoms with Gasteiger partial charge in [0.15, 0.2) is 0 Å². The monoisotopic (exact) mass is 358 g/mol. The van der Waals surface area contributed by atoms with Gasteiger partial charge in [0.1, 0.15) is 5.82 Å². The first-order valence-electron chi connectivity index (χ1n) is 7.19. The second-order valence-corrected chi connectivity index (χ2v) is 6.20. The molecule has 0 spiro atoms. The van der Waals surface area contributed by atoms with Crippen LogP contribution in [0.5, 0.6) is 0 Å². The van der Waals surface area contributed by atoms with Crippen molar-refractivity contribution in [2.24, 2.45) is 0 Å². The van der Waals surface area contributed by atoms with Crippen molar-refractivity contribution >= 4 is 34.7 Å². The van der Waals surface area contributed by atoms with E-state index < -0.39 is 21.9 Å². The molecule has 1 aliphatic heterocycles. The van der Waals surface area contributed by atoms with Crippen molar-refractivity contribution in [3.8, 4) is 0 Å². The minimum atomic E-state index is -0.551. The zero-order valence-electron chi connectivity index (χ0n) is 12.7. The molecule has 0 atom stereocenters. The molecular weight excluding hydrogens is 347 g/mol. The maximum atomic E-state index is 13.7. The molecule has 1 saturated heterocycles. The number of thioether (sulfide) groups is 1. The number of non-ortho nitro benzene ring substituents is 1. The molecule has 6 nitrogen and oxygen atoms in total. The van der Waals surface area contributed by atoms with Gasteiger partial charge in [0.2, 0.25) is 0 Å².